The van der Waals surface area contributed by atoms with Gasteiger partial charge < -0.3 is 10.5 Å². The molecule has 0 heterocycles. The molecule has 0 saturated carbocycles. The minimum absolute atomic E-state index is 0.199. The fourth-order valence-corrected chi connectivity index (χ4v) is 1.62. The van der Waals surface area contributed by atoms with Gasteiger partial charge in [-0.25, -0.2) is 0 Å². The minimum atomic E-state index is -0.199. The van der Waals surface area contributed by atoms with Gasteiger partial charge in [0, 0.05) is 17.2 Å². The summed E-state index contributed by atoms with van der Waals surface area (Å²) in [5.74, 6) is 0. The minimum Gasteiger partial charge on any atom is -0.383 e. The third-order valence-corrected chi connectivity index (χ3v) is 2.27. The van der Waals surface area contributed by atoms with Crippen molar-refractivity contribution in [2.45, 2.75) is 6.04 Å². The van der Waals surface area contributed by atoms with Crippen molar-refractivity contribution in [3.8, 4) is 0 Å². The summed E-state index contributed by atoms with van der Waals surface area (Å²) in [5.41, 5.74) is 6.66. The predicted octanol–water partition coefficient (Wildman–Crippen LogP) is 2.64. The largest absolute Gasteiger partial charge is 0.383 e. The highest BCUT2D eigenvalue weighted by atomic mass is 35.5. The van der Waals surface area contributed by atoms with E-state index < -0.39 is 0 Å². The summed E-state index contributed by atoms with van der Waals surface area (Å²) in [4.78, 5) is 0. The zero-order chi connectivity index (χ0) is 9.84. The lowest BCUT2D eigenvalue weighted by atomic mass is 10.1. The van der Waals surface area contributed by atoms with Gasteiger partial charge in [0.1, 0.15) is 0 Å². The van der Waals surface area contributed by atoms with Crippen molar-refractivity contribution in [3.63, 3.8) is 0 Å². The molecule has 0 aromatic heterocycles. The second-order valence-electron chi connectivity index (χ2n) is 2.73. The number of methoxy groups -OCH3 is 1. The molecule has 1 rings (SSSR count). The van der Waals surface area contributed by atoms with Crippen molar-refractivity contribution in [2.75, 3.05) is 13.7 Å². The summed E-state index contributed by atoms with van der Waals surface area (Å²) in [6, 6.07) is 5.05. The Hall–Kier alpha value is -0.280. The summed E-state index contributed by atoms with van der Waals surface area (Å²) in [5, 5.41) is 1.19. The lowest BCUT2D eigenvalue weighted by molar-refractivity contribution is 0.181. The van der Waals surface area contributed by atoms with Gasteiger partial charge in [0.05, 0.1) is 12.6 Å². The maximum absolute atomic E-state index is 5.94. The summed E-state index contributed by atoms with van der Waals surface area (Å²) in [7, 11) is 1.60. The number of halogens is 2. The lowest BCUT2D eigenvalue weighted by Crippen LogP contribution is -2.16. The second-order valence-corrected chi connectivity index (χ2v) is 3.57. The molecule has 0 spiro atoms. The van der Waals surface area contributed by atoms with Crippen LogP contribution in [0.15, 0.2) is 18.2 Å². The number of ether oxygens (including phenoxy) is 1. The molecule has 0 fully saturated rings. The fourth-order valence-electron chi connectivity index (χ4n) is 1.07. The second kappa shape index (κ2) is 4.82. The van der Waals surface area contributed by atoms with Crippen LogP contribution in [0.25, 0.3) is 0 Å². The highest BCUT2D eigenvalue weighted by Gasteiger charge is 2.09. The fraction of sp³-hybridized carbons (Fsp3) is 0.333. The molecule has 0 saturated heterocycles. The van der Waals surface area contributed by atoms with Crippen molar-refractivity contribution in [1.29, 1.82) is 0 Å². The molecule has 1 atom stereocenters. The van der Waals surface area contributed by atoms with E-state index >= 15 is 0 Å². The van der Waals surface area contributed by atoms with E-state index in [2.05, 4.69) is 0 Å². The van der Waals surface area contributed by atoms with Crippen LogP contribution in [0.3, 0.4) is 0 Å². The summed E-state index contributed by atoms with van der Waals surface area (Å²) in [6.45, 7) is 0.446. The Kier molecular flexibility index (Phi) is 4.00. The highest BCUT2D eigenvalue weighted by Crippen LogP contribution is 2.25. The van der Waals surface area contributed by atoms with Crippen LogP contribution < -0.4 is 5.73 Å². The van der Waals surface area contributed by atoms with Crippen molar-refractivity contribution < 1.29 is 4.74 Å². The van der Waals surface area contributed by atoms with Gasteiger partial charge in [0.15, 0.2) is 0 Å². The van der Waals surface area contributed by atoms with Crippen LogP contribution in [0.4, 0.5) is 0 Å². The average molecular weight is 220 g/mol. The van der Waals surface area contributed by atoms with Crippen LogP contribution in [0.5, 0.6) is 0 Å². The SMILES string of the molecule is COCC(N)c1ccc(Cl)cc1Cl. The van der Waals surface area contributed by atoms with Crippen molar-refractivity contribution >= 4 is 23.2 Å². The quantitative estimate of drug-likeness (QED) is 0.849. The molecule has 1 aromatic carbocycles. The zero-order valence-electron chi connectivity index (χ0n) is 7.26. The molecule has 72 valence electrons. The Balaban J connectivity index is 2.88. The van der Waals surface area contributed by atoms with Gasteiger partial charge in [-0.05, 0) is 17.7 Å². The molecular formula is C9H11Cl2NO. The molecule has 2 N–H and O–H groups in total. The van der Waals surface area contributed by atoms with Gasteiger partial charge in [-0.1, -0.05) is 29.3 Å². The maximum Gasteiger partial charge on any atom is 0.0656 e. The van der Waals surface area contributed by atoms with Gasteiger partial charge in [-0.15, -0.1) is 0 Å². The first-order valence-corrected chi connectivity index (χ1v) is 4.60. The first-order chi connectivity index (χ1) is 6.15. The van der Waals surface area contributed by atoms with Crippen LogP contribution in [0.2, 0.25) is 10.0 Å². The van der Waals surface area contributed by atoms with Crippen LogP contribution >= 0.6 is 23.2 Å². The van der Waals surface area contributed by atoms with Gasteiger partial charge in [-0.3, -0.25) is 0 Å². The molecule has 0 amide bonds. The number of hydrogen-bond acceptors (Lipinski definition) is 2. The van der Waals surface area contributed by atoms with E-state index in [9.17, 15) is 0 Å². The number of hydrogen-bond donors (Lipinski definition) is 1. The van der Waals surface area contributed by atoms with E-state index in [-0.39, 0.29) is 6.04 Å². The van der Waals surface area contributed by atoms with E-state index in [1.165, 1.54) is 0 Å². The molecule has 0 aliphatic rings. The Morgan fingerprint density at radius 1 is 1.46 bits per heavy atom. The van der Waals surface area contributed by atoms with Crippen molar-refractivity contribution in [3.05, 3.63) is 33.8 Å². The topological polar surface area (TPSA) is 35.2 Å². The molecule has 2 nitrogen and oxygen atoms in total. The molecule has 13 heavy (non-hydrogen) atoms. The molecule has 1 unspecified atom stereocenters. The monoisotopic (exact) mass is 219 g/mol. The third kappa shape index (κ3) is 2.85. The summed E-state index contributed by atoms with van der Waals surface area (Å²) >= 11 is 11.7. The zero-order valence-corrected chi connectivity index (χ0v) is 8.77. The Labute approximate surface area is 87.6 Å². The molecule has 1 aromatic rings. The first-order valence-electron chi connectivity index (χ1n) is 3.84. The van der Waals surface area contributed by atoms with Gasteiger partial charge in [-0.2, -0.15) is 0 Å². The first kappa shape index (κ1) is 10.8. The lowest BCUT2D eigenvalue weighted by Gasteiger charge is -2.12. The third-order valence-electron chi connectivity index (χ3n) is 1.71. The van der Waals surface area contributed by atoms with Gasteiger partial charge >= 0.3 is 0 Å². The van der Waals surface area contributed by atoms with Crippen LogP contribution in [-0.2, 0) is 4.74 Å². The van der Waals surface area contributed by atoms with Gasteiger partial charge in [0.25, 0.3) is 0 Å². The van der Waals surface area contributed by atoms with E-state index in [1.807, 2.05) is 6.07 Å². The standard InChI is InChI=1S/C9H11Cl2NO/c1-13-5-9(12)7-3-2-6(10)4-8(7)11/h2-4,9H,5,12H2,1H3. The summed E-state index contributed by atoms with van der Waals surface area (Å²) in [6.07, 6.45) is 0. The normalized spacial score (nSPS) is 12.9. The van der Waals surface area contributed by atoms with Crippen molar-refractivity contribution in [1.82, 2.24) is 0 Å². The van der Waals surface area contributed by atoms with Crippen LogP contribution in [-0.4, -0.2) is 13.7 Å². The Bertz CT molecular complexity index is 291. The molecule has 0 aliphatic carbocycles. The molecular weight excluding hydrogens is 209 g/mol. The number of benzene rings is 1. The van der Waals surface area contributed by atoms with E-state index in [4.69, 9.17) is 33.7 Å². The number of rotatable bonds is 3. The van der Waals surface area contributed by atoms with E-state index in [1.54, 1.807) is 19.2 Å². The molecule has 0 aliphatic heterocycles. The van der Waals surface area contributed by atoms with E-state index in [0.717, 1.165) is 5.56 Å². The van der Waals surface area contributed by atoms with E-state index in [0.29, 0.717) is 16.7 Å². The predicted molar refractivity (Wildman–Crippen MR) is 55.3 cm³/mol. The van der Waals surface area contributed by atoms with Crippen LogP contribution in [0.1, 0.15) is 11.6 Å². The van der Waals surface area contributed by atoms with Gasteiger partial charge in [0.2, 0.25) is 0 Å². The molecule has 0 bridgehead atoms. The highest BCUT2D eigenvalue weighted by molar-refractivity contribution is 6.35. The number of nitrogens with two attached hydrogens (primary N) is 1. The Morgan fingerprint density at radius 3 is 2.69 bits per heavy atom. The summed E-state index contributed by atoms with van der Waals surface area (Å²) < 4.78 is 4.93. The average Bonchev–Trinajstić information content (AvgIpc) is 2.04. The van der Waals surface area contributed by atoms with Crippen LogP contribution in [0, 0.1) is 0 Å². The maximum atomic E-state index is 5.94. The van der Waals surface area contributed by atoms with Crippen molar-refractivity contribution in [2.24, 2.45) is 5.73 Å². The smallest absolute Gasteiger partial charge is 0.0656 e. The molecule has 0 radical (unpaired) electrons. The Morgan fingerprint density at radius 2 is 2.15 bits per heavy atom. The molecule has 4 heteroatoms.